The van der Waals surface area contributed by atoms with Crippen molar-refractivity contribution in [1.29, 1.82) is 0 Å². The Bertz CT molecular complexity index is 464. The molecule has 0 aliphatic rings. The number of nitrogens with one attached hydrogen (secondary N) is 2. The number of H-pyrrole nitrogens is 1. The van der Waals surface area contributed by atoms with E-state index >= 15 is 0 Å². The lowest BCUT2D eigenvalue weighted by Crippen LogP contribution is -2.13. The average molecular weight is 237 g/mol. The summed E-state index contributed by atoms with van der Waals surface area (Å²) in [7, 11) is 0. The van der Waals surface area contributed by atoms with Crippen molar-refractivity contribution in [3.8, 4) is 0 Å². The fourth-order valence-corrected chi connectivity index (χ4v) is 2.07. The number of hydrogen-bond donors (Lipinski definition) is 3. The van der Waals surface area contributed by atoms with E-state index in [1.807, 2.05) is 0 Å². The molecule has 7 heteroatoms. The van der Waals surface area contributed by atoms with E-state index in [1.165, 1.54) is 17.7 Å². The molecule has 6 nitrogen and oxygen atoms in total. The summed E-state index contributed by atoms with van der Waals surface area (Å²) >= 11 is 1.51. The predicted molar refractivity (Wildman–Crippen MR) is 59.8 cm³/mol. The average Bonchev–Trinajstić information content (AvgIpc) is 2.87. The van der Waals surface area contributed by atoms with Crippen LogP contribution in [0.1, 0.15) is 21.1 Å². The maximum atomic E-state index is 10.9. The monoisotopic (exact) mass is 237 g/mol. The number of thiophene rings is 1. The Kier molecular flexibility index (Phi) is 3.28. The van der Waals surface area contributed by atoms with Crippen molar-refractivity contribution < 1.29 is 4.79 Å². The van der Waals surface area contributed by atoms with E-state index in [-0.39, 0.29) is 0 Å². The molecule has 2 aromatic rings. The summed E-state index contributed by atoms with van der Waals surface area (Å²) in [6.45, 7) is 1.29. The maximum Gasteiger partial charge on any atom is 0.249 e. The van der Waals surface area contributed by atoms with Gasteiger partial charge in [-0.1, -0.05) is 0 Å². The minimum absolute atomic E-state index is 0.391. The normalized spacial score (nSPS) is 10.5. The lowest BCUT2D eigenvalue weighted by atomic mass is 10.3. The molecular formula is C9H11N5OS. The van der Waals surface area contributed by atoms with Gasteiger partial charge in [0.1, 0.15) is 12.2 Å². The molecule has 0 aliphatic carbocycles. The number of carbonyl (C=O) groups is 1. The van der Waals surface area contributed by atoms with Crippen molar-refractivity contribution in [3.63, 3.8) is 0 Å². The van der Waals surface area contributed by atoms with E-state index in [9.17, 15) is 4.79 Å². The zero-order chi connectivity index (χ0) is 11.4. The summed E-state index contributed by atoms with van der Waals surface area (Å²) in [4.78, 5) is 15.9. The van der Waals surface area contributed by atoms with Crippen LogP contribution in [-0.4, -0.2) is 21.1 Å². The van der Waals surface area contributed by atoms with Gasteiger partial charge in [-0.2, -0.15) is 5.10 Å². The van der Waals surface area contributed by atoms with Gasteiger partial charge in [-0.3, -0.25) is 9.89 Å². The van der Waals surface area contributed by atoms with E-state index < -0.39 is 5.91 Å². The fraction of sp³-hybridized carbons (Fsp3) is 0.222. The van der Waals surface area contributed by atoms with Crippen LogP contribution in [0.15, 0.2) is 17.8 Å². The van der Waals surface area contributed by atoms with Crippen molar-refractivity contribution >= 4 is 17.2 Å². The largest absolute Gasteiger partial charge is 0.366 e. The van der Waals surface area contributed by atoms with Gasteiger partial charge in [0.15, 0.2) is 0 Å². The third kappa shape index (κ3) is 2.65. The molecule has 4 N–H and O–H groups in total. The Morgan fingerprint density at radius 3 is 3.06 bits per heavy atom. The topological polar surface area (TPSA) is 96.7 Å². The zero-order valence-electron chi connectivity index (χ0n) is 8.43. The standard InChI is InChI=1S/C9H11N5OS/c10-9(15)6-1-7(16-4-6)2-11-3-8-12-5-13-14-8/h1,4-5,11H,2-3H2,(H2,10,15)(H,12,13,14). The molecule has 0 radical (unpaired) electrons. The van der Waals surface area contributed by atoms with Gasteiger partial charge in [0.2, 0.25) is 5.91 Å². The minimum atomic E-state index is -0.391. The van der Waals surface area contributed by atoms with Crippen LogP contribution in [0.4, 0.5) is 0 Å². The quantitative estimate of drug-likeness (QED) is 0.694. The number of rotatable bonds is 5. The first-order valence-electron chi connectivity index (χ1n) is 4.68. The molecule has 0 bridgehead atoms. The number of hydrogen-bond acceptors (Lipinski definition) is 5. The third-order valence-electron chi connectivity index (χ3n) is 1.99. The highest BCUT2D eigenvalue weighted by molar-refractivity contribution is 7.10. The van der Waals surface area contributed by atoms with E-state index in [4.69, 9.17) is 5.73 Å². The first-order chi connectivity index (χ1) is 7.75. The highest BCUT2D eigenvalue weighted by Crippen LogP contribution is 2.13. The fourth-order valence-electron chi connectivity index (χ4n) is 1.22. The lowest BCUT2D eigenvalue weighted by Gasteiger charge is -1.98. The molecule has 0 aromatic carbocycles. The maximum absolute atomic E-state index is 10.9. The van der Waals surface area contributed by atoms with Gasteiger partial charge in [-0.05, 0) is 6.07 Å². The second-order valence-electron chi connectivity index (χ2n) is 3.20. The Morgan fingerprint density at radius 2 is 2.44 bits per heavy atom. The van der Waals surface area contributed by atoms with Crippen LogP contribution in [0.5, 0.6) is 0 Å². The summed E-state index contributed by atoms with van der Waals surface area (Å²) in [5.74, 6) is 0.393. The molecule has 2 rings (SSSR count). The van der Waals surface area contributed by atoms with Gasteiger partial charge in [0, 0.05) is 16.8 Å². The summed E-state index contributed by atoms with van der Waals surface area (Å²) in [5.41, 5.74) is 5.71. The molecular weight excluding hydrogens is 226 g/mol. The minimum Gasteiger partial charge on any atom is -0.366 e. The molecule has 1 amide bonds. The van der Waals surface area contributed by atoms with E-state index in [0.29, 0.717) is 18.7 Å². The van der Waals surface area contributed by atoms with Gasteiger partial charge in [0.25, 0.3) is 0 Å². The molecule has 2 heterocycles. The highest BCUT2D eigenvalue weighted by Gasteiger charge is 2.04. The van der Waals surface area contributed by atoms with Crippen molar-refractivity contribution in [1.82, 2.24) is 20.5 Å². The summed E-state index contributed by atoms with van der Waals surface area (Å²) in [6.07, 6.45) is 1.47. The van der Waals surface area contributed by atoms with Crippen molar-refractivity contribution in [2.75, 3.05) is 0 Å². The second kappa shape index (κ2) is 4.86. The van der Waals surface area contributed by atoms with Gasteiger partial charge < -0.3 is 11.1 Å². The summed E-state index contributed by atoms with van der Waals surface area (Å²) < 4.78 is 0. The number of nitrogens with zero attached hydrogens (tertiary/aromatic N) is 2. The van der Waals surface area contributed by atoms with Crippen LogP contribution in [-0.2, 0) is 13.1 Å². The van der Waals surface area contributed by atoms with Crippen LogP contribution in [0.2, 0.25) is 0 Å². The van der Waals surface area contributed by atoms with E-state index in [0.717, 1.165) is 10.7 Å². The number of aromatic nitrogens is 3. The van der Waals surface area contributed by atoms with E-state index in [2.05, 4.69) is 20.5 Å². The van der Waals surface area contributed by atoms with Crippen molar-refractivity contribution in [2.45, 2.75) is 13.1 Å². The molecule has 0 atom stereocenters. The van der Waals surface area contributed by atoms with Gasteiger partial charge in [0.05, 0.1) is 12.1 Å². The highest BCUT2D eigenvalue weighted by atomic mass is 32.1. The van der Waals surface area contributed by atoms with Crippen molar-refractivity contribution in [2.24, 2.45) is 5.73 Å². The molecule has 0 spiro atoms. The summed E-state index contributed by atoms with van der Waals surface area (Å²) in [5, 5.41) is 11.4. The smallest absolute Gasteiger partial charge is 0.249 e. The number of primary amides is 1. The van der Waals surface area contributed by atoms with Gasteiger partial charge in [-0.25, -0.2) is 4.98 Å². The SMILES string of the molecule is NC(=O)c1csc(CNCc2ncn[nH]2)c1. The van der Waals surface area contributed by atoms with Crippen LogP contribution in [0.3, 0.4) is 0 Å². The first kappa shape index (κ1) is 10.8. The van der Waals surface area contributed by atoms with Gasteiger partial charge in [-0.15, -0.1) is 11.3 Å². The van der Waals surface area contributed by atoms with Crippen molar-refractivity contribution in [3.05, 3.63) is 34.0 Å². The number of carbonyl (C=O) groups excluding carboxylic acids is 1. The number of amides is 1. The number of aromatic amines is 1. The zero-order valence-corrected chi connectivity index (χ0v) is 9.25. The predicted octanol–water partition coefficient (Wildman–Crippen LogP) is 0.255. The molecule has 0 fully saturated rings. The molecule has 84 valence electrons. The van der Waals surface area contributed by atoms with Crippen LogP contribution in [0, 0.1) is 0 Å². The molecule has 0 unspecified atom stereocenters. The Balaban J connectivity index is 1.83. The molecule has 0 saturated carbocycles. The molecule has 16 heavy (non-hydrogen) atoms. The number of nitrogens with two attached hydrogens (primary N) is 1. The van der Waals surface area contributed by atoms with Gasteiger partial charge >= 0.3 is 0 Å². The first-order valence-corrected chi connectivity index (χ1v) is 5.56. The Hall–Kier alpha value is -1.73. The van der Waals surface area contributed by atoms with Crippen LogP contribution >= 0.6 is 11.3 Å². The lowest BCUT2D eigenvalue weighted by molar-refractivity contribution is 0.100. The third-order valence-corrected chi connectivity index (χ3v) is 2.93. The molecule has 0 saturated heterocycles. The molecule has 0 aliphatic heterocycles. The Morgan fingerprint density at radius 1 is 1.56 bits per heavy atom. The van der Waals surface area contributed by atoms with Crippen LogP contribution in [0.25, 0.3) is 0 Å². The Labute approximate surface area is 95.9 Å². The van der Waals surface area contributed by atoms with E-state index in [1.54, 1.807) is 11.4 Å². The second-order valence-corrected chi connectivity index (χ2v) is 4.20. The van der Waals surface area contributed by atoms with Crippen LogP contribution < -0.4 is 11.1 Å². The summed E-state index contributed by atoms with van der Waals surface area (Å²) in [6, 6.07) is 1.79. The molecule has 2 aromatic heterocycles.